The molecule has 0 heterocycles. The maximum atomic E-state index is 12.4. The molecule has 5 nitrogen and oxygen atoms in total. The van der Waals surface area contributed by atoms with Crippen LogP contribution in [0.25, 0.3) is 0 Å². The molecule has 0 radical (unpaired) electrons. The van der Waals surface area contributed by atoms with Crippen molar-refractivity contribution in [1.82, 2.24) is 0 Å². The molecule has 0 saturated carbocycles. The predicted octanol–water partition coefficient (Wildman–Crippen LogP) is 6.09. The van der Waals surface area contributed by atoms with E-state index in [1.54, 1.807) is 0 Å². The molecule has 0 atom stereocenters. The number of carbonyl (C=O) groups excluding carboxylic acids is 1. The highest BCUT2D eigenvalue weighted by Gasteiger charge is 2.11. The lowest BCUT2D eigenvalue weighted by Crippen LogP contribution is -2.21. The Morgan fingerprint density at radius 2 is 1.71 bits per heavy atom. The first-order chi connectivity index (χ1) is 14.9. The lowest BCUT2D eigenvalue weighted by atomic mass is 10.1. The zero-order valence-electron chi connectivity index (χ0n) is 18.0. The van der Waals surface area contributed by atoms with Crippen molar-refractivity contribution in [3.05, 3.63) is 81.8 Å². The summed E-state index contributed by atoms with van der Waals surface area (Å²) in [5.74, 6) is 0.956. The lowest BCUT2D eigenvalue weighted by Gasteiger charge is -2.15. The third-order valence-electron chi connectivity index (χ3n) is 4.66. The standard InChI is InChI=1S/C25H27BrN2O3/c1-4-30-24-14-19(15-27-21-9-7-20(26)8-10-21)6-12-23(24)31-16-25(29)28-22-11-5-17(2)13-18(22)3/h5-14,27H,4,15-16H2,1-3H3,(H,28,29). The average molecular weight is 483 g/mol. The number of benzene rings is 3. The Kier molecular flexibility index (Phi) is 7.95. The number of rotatable bonds is 9. The van der Waals surface area contributed by atoms with E-state index in [-0.39, 0.29) is 12.5 Å². The van der Waals surface area contributed by atoms with Gasteiger partial charge in [-0.15, -0.1) is 0 Å². The van der Waals surface area contributed by atoms with Crippen LogP contribution in [0.4, 0.5) is 11.4 Å². The first-order valence-electron chi connectivity index (χ1n) is 10.2. The van der Waals surface area contributed by atoms with Gasteiger partial charge in [0.2, 0.25) is 0 Å². The molecule has 3 aromatic carbocycles. The Labute approximate surface area is 191 Å². The molecule has 0 unspecified atom stereocenters. The Hall–Kier alpha value is -2.99. The molecule has 6 heteroatoms. The number of ether oxygens (including phenoxy) is 2. The van der Waals surface area contributed by atoms with E-state index in [1.807, 2.05) is 81.4 Å². The molecule has 31 heavy (non-hydrogen) atoms. The third kappa shape index (κ3) is 6.76. The van der Waals surface area contributed by atoms with E-state index < -0.39 is 0 Å². The van der Waals surface area contributed by atoms with E-state index in [2.05, 4.69) is 26.6 Å². The minimum absolute atomic E-state index is 0.0934. The topological polar surface area (TPSA) is 59.6 Å². The van der Waals surface area contributed by atoms with Gasteiger partial charge in [-0.05, 0) is 74.4 Å². The zero-order valence-corrected chi connectivity index (χ0v) is 19.6. The van der Waals surface area contributed by atoms with Gasteiger partial charge in [0.25, 0.3) is 5.91 Å². The quantitative estimate of drug-likeness (QED) is 0.387. The summed E-state index contributed by atoms with van der Waals surface area (Å²) in [7, 11) is 0. The normalized spacial score (nSPS) is 10.5. The second kappa shape index (κ2) is 10.9. The van der Waals surface area contributed by atoms with Gasteiger partial charge in [0.05, 0.1) is 6.61 Å². The van der Waals surface area contributed by atoms with Crippen LogP contribution in [0.1, 0.15) is 23.6 Å². The second-order valence-electron chi connectivity index (χ2n) is 7.23. The van der Waals surface area contributed by atoms with Crippen LogP contribution in [0.3, 0.4) is 0 Å². The zero-order chi connectivity index (χ0) is 22.2. The van der Waals surface area contributed by atoms with E-state index in [9.17, 15) is 4.79 Å². The summed E-state index contributed by atoms with van der Waals surface area (Å²) in [6.45, 7) is 6.98. The summed E-state index contributed by atoms with van der Waals surface area (Å²) in [6.07, 6.45) is 0. The van der Waals surface area contributed by atoms with Crippen LogP contribution < -0.4 is 20.1 Å². The third-order valence-corrected chi connectivity index (χ3v) is 5.19. The van der Waals surface area contributed by atoms with Crippen molar-refractivity contribution in [2.45, 2.75) is 27.3 Å². The number of hydrogen-bond donors (Lipinski definition) is 2. The highest BCUT2D eigenvalue weighted by molar-refractivity contribution is 9.10. The van der Waals surface area contributed by atoms with Gasteiger partial charge in [0, 0.05) is 22.4 Å². The number of nitrogens with one attached hydrogen (secondary N) is 2. The molecule has 0 aliphatic rings. The summed E-state index contributed by atoms with van der Waals surface area (Å²) < 4.78 is 12.5. The van der Waals surface area contributed by atoms with E-state index in [0.717, 1.165) is 32.5 Å². The lowest BCUT2D eigenvalue weighted by molar-refractivity contribution is -0.118. The van der Waals surface area contributed by atoms with E-state index in [4.69, 9.17) is 9.47 Å². The Morgan fingerprint density at radius 3 is 2.42 bits per heavy atom. The van der Waals surface area contributed by atoms with Gasteiger partial charge in [0.1, 0.15) is 0 Å². The van der Waals surface area contributed by atoms with E-state index in [1.165, 1.54) is 0 Å². The van der Waals surface area contributed by atoms with Crippen LogP contribution in [-0.4, -0.2) is 19.1 Å². The first kappa shape index (κ1) is 22.7. The van der Waals surface area contributed by atoms with E-state index >= 15 is 0 Å². The van der Waals surface area contributed by atoms with Crippen molar-refractivity contribution in [2.75, 3.05) is 23.8 Å². The SMILES string of the molecule is CCOc1cc(CNc2ccc(Br)cc2)ccc1OCC(=O)Nc1ccc(C)cc1C. The van der Waals surface area contributed by atoms with Gasteiger partial charge < -0.3 is 20.1 Å². The molecular weight excluding hydrogens is 456 g/mol. The summed E-state index contributed by atoms with van der Waals surface area (Å²) in [4.78, 5) is 12.4. The molecular formula is C25H27BrN2O3. The number of aryl methyl sites for hydroxylation is 2. The summed E-state index contributed by atoms with van der Waals surface area (Å²) in [5, 5.41) is 6.28. The molecule has 0 saturated heterocycles. The largest absolute Gasteiger partial charge is 0.490 e. The van der Waals surface area contributed by atoms with Crippen molar-refractivity contribution in [3.8, 4) is 11.5 Å². The number of carbonyl (C=O) groups is 1. The number of hydrogen-bond acceptors (Lipinski definition) is 4. The van der Waals surface area contributed by atoms with E-state index in [0.29, 0.717) is 24.7 Å². The monoisotopic (exact) mass is 482 g/mol. The van der Waals surface area contributed by atoms with Gasteiger partial charge in [-0.25, -0.2) is 0 Å². The summed E-state index contributed by atoms with van der Waals surface area (Å²) in [5.41, 5.74) is 5.05. The molecule has 162 valence electrons. The molecule has 0 spiro atoms. The number of halogens is 1. The molecule has 1 amide bonds. The van der Waals surface area contributed by atoms with Crippen LogP contribution >= 0.6 is 15.9 Å². The van der Waals surface area contributed by atoms with Gasteiger partial charge in [-0.3, -0.25) is 4.79 Å². The highest BCUT2D eigenvalue weighted by atomic mass is 79.9. The molecule has 0 bridgehead atoms. The second-order valence-corrected chi connectivity index (χ2v) is 8.15. The van der Waals surface area contributed by atoms with Crippen LogP contribution in [-0.2, 0) is 11.3 Å². The minimum atomic E-state index is -0.213. The Balaban J connectivity index is 1.60. The maximum Gasteiger partial charge on any atom is 0.262 e. The number of amides is 1. The fourth-order valence-corrected chi connectivity index (χ4v) is 3.37. The van der Waals surface area contributed by atoms with Crippen molar-refractivity contribution >= 4 is 33.2 Å². The molecule has 3 rings (SSSR count). The van der Waals surface area contributed by atoms with Gasteiger partial charge >= 0.3 is 0 Å². The van der Waals surface area contributed by atoms with Gasteiger partial charge in [-0.2, -0.15) is 0 Å². The fourth-order valence-electron chi connectivity index (χ4n) is 3.11. The van der Waals surface area contributed by atoms with Crippen LogP contribution in [0.5, 0.6) is 11.5 Å². The Morgan fingerprint density at radius 1 is 0.935 bits per heavy atom. The highest BCUT2D eigenvalue weighted by Crippen LogP contribution is 2.29. The van der Waals surface area contributed by atoms with Crippen molar-refractivity contribution < 1.29 is 14.3 Å². The first-order valence-corrected chi connectivity index (χ1v) is 11.0. The van der Waals surface area contributed by atoms with Crippen molar-refractivity contribution in [2.24, 2.45) is 0 Å². The molecule has 0 aliphatic heterocycles. The van der Waals surface area contributed by atoms with Crippen LogP contribution in [0, 0.1) is 13.8 Å². The minimum Gasteiger partial charge on any atom is -0.490 e. The summed E-state index contributed by atoms with van der Waals surface area (Å²) >= 11 is 3.44. The molecule has 2 N–H and O–H groups in total. The summed E-state index contributed by atoms with van der Waals surface area (Å²) in [6, 6.07) is 19.7. The predicted molar refractivity (Wildman–Crippen MR) is 129 cm³/mol. The molecule has 0 fully saturated rings. The van der Waals surface area contributed by atoms with Gasteiger partial charge in [-0.1, -0.05) is 39.7 Å². The number of anilines is 2. The molecule has 3 aromatic rings. The van der Waals surface area contributed by atoms with Crippen LogP contribution in [0.2, 0.25) is 0 Å². The average Bonchev–Trinajstić information content (AvgIpc) is 2.75. The fraction of sp³-hybridized carbons (Fsp3) is 0.240. The van der Waals surface area contributed by atoms with Crippen molar-refractivity contribution in [1.29, 1.82) is 0 Å². The smallest absolute Gasteiger partial charge is 0.262 e. The Bertz CT molecular complexity index is 1040. The molecule has 0 aliphatic carbocycles. The maximum absolute atomic E-state index is 12.4. The van der Waals surface area contributed by atoms with Crippen LogP contribution in [0.15, 0.2) is 65.1 Å². The molecule has 0 aromatic heterocycles. The van der Waals surface area contributed by atoms with Gasteiger partial charge in [0.15, 0.2) is 18.1 Å². The van der Waals surface area contributed by atoms with Crippen molar-refractivity contribution in [3.63, 3.8) is 0 Å².